The molecule has 1 heterocycles. The maximum absolute atomic E-state index is 13.7. The normalized spacial score (nSPS) is 16.2. The van der Waals surface area contributed by atoms with Crippen LogP contribution in [0, 0.1) is 6.92 Å². The summed E-state index contributed by atoms with van der Waals surface area (Å²) in [4.78, 5) is 50.4. The van der Waals surface area contributed by atoms with Gasteiger partial charge >= 0.3 is 12.1 Å². The number of hydrogen-bond donors (Lipinski definition) is 1. The summed E-state index contributed by atoms with van der Waals surface area (Å²) < 4.78 is 37.7. The molecule has 0 aliphatic carbocycles. The molecule has 2 aromatic carbocycles. The molecule has 2 amide bonds. The van der Waals surface area contributed by atoms with Gasteiger partial charge in [-0.15, -0.1) is 0 Å². The monoisotopic (exact) mass is 561 g/mol. The maximum atomic E-state index is 13.7. The summed E-state index contributed by atoms with van der Waals surface area (Å²) in [6.45, 7) is 3.67. The lowest BCUT2D eigenvalue weighted by Crippen LogP contribution is -2.52. The van der Waals surface area contributed by atoms with E-state index in [0.717, 1.165) is 14.8 Å². The second kappa shape index (κ2) is 12.7. The molecular weight excluding hydrogens is 530 g/mol. The number of carboxylic acid groups (broad SMARTS) is 1. The average molecular weight is 562 g/mol. The Labute approximate surface area is 226 Å². The summed E-state index contributed by atoms with van der Waals surface area (Å²) in [5, 5.41) is 9.73. The van der Waals surface area contributed by atoms with E-state index in [4.69, 9.17) is 4.74 Å². The molecule has 2 aromatic rings. The van der Waals surface area contributed by atoms with Crippen LogP contribution >= 0.6 is 0 Å². The molecule has 39 heavy (non-hydrogen) atoms. The fourth-order valence-electron chi connectivity index (χ4n) is 4.12. The van der Waals surface area contributed by atoms with Crippen molar-refractivity contribution in [1.29, 1.82) is 0 Å². The zero-order chi connectivity index (χ0) is 28.7. The zero-order valence-electron chi connectivity index (χ0n) is 21.8. The van der Waals surface area contributed by atoms with Crippen molar-refractivity contribution in [1.82, 2.24) is 9.21 Å². The summed E-state index contributed by atoms with van der Waals surface area (Å²) in [6.07, 6.45) is -0.0355. The van der Waals surface area contributed by atoms with Crippen LogP contribution in [0.25, 0.3) is 0 Å². The third-order valence-corrected chi connectivity index (χ3v) is 8.27. The molecule has 1 aliphatic rings. The number of amides is 2. The number of aryl methyl sites for hydroxylation is 1. The number of carbonyl (C=O) groups excluding carboxylic acids is 3. The fourth-order valence-corrected chi connectivity index (χ4v) is 5.77. The van der Waals surface area contributed by atoms with Gasteiger partial charge in [0, 0.05) is 19.3 Å². The Balaban J connectivity index is 1.83. The molecule has 1 aliphatic heterocycles. The van der Waals surface area contributed by atoms with Crippen LogP contribution in [0.4, 0.5) is 10.5 Å². The Morgan fingerprint density at radius 2 is 1.77 bits per heavy atom. The van der Waals surface area contributed by atoms with Crippen LogP contribution in [0.2, 0.25) is 0 Å². The first-order valence-corrected chi connectivity index (χ1v) is 13.6. The molecule has 12 nitrogen and oxygen atoms in total. The van der Waals surface area contributed by atoms with Gasteiger partial charge in [0.05, 0.1) is 11.4 Å². The Morgan fingerprint density at radius 3 is 2.36 bits per heavy atom. The van der Waals surface area contributed by atoms with Gasteiger partial charge in [0.15, 0.2) is 0 Å². The van der Waals surface area contributed by atoms with Gasteiger partial charge in [-0.3, -0.25) is 14.5 Å². The molecule has 1 N–H and O–H groups in total. The number of anilines is 1. The number of ether oxygens (including phenoxy) is 2. The highest BCUT2D eigenvalue weighted by atomic mass is 32.2. The van der Waals surface area contributed by atoms with Crippen LogP contribution in [0.5, 0.6) is 5.75 Å². The van der Waals surface area contributed by atoms with Crippen LogP contribution in [0.3, 0.4) is 0 Å². The third kappa shape index (κ3) is 6.92. The molecule has 0 saturated carbocycles. The van der Waals surface area contributed by atoms with Gasteiger partial charge in [0.25, 0.3) is 6.47 Å². The largest absolute Gasteiger partial charge is 0.480 e. The smallest absolute Gasteiger partial charge is 0.415 e. The number of nitrogens with zero attached hydrogens (tertiary/aromatic N) is 3. The van der Waals surface area contributed by atoms with E-state index in [-0.39, 0.29) is 48.9 Å². The summed E-state index contributed by atoms with van der Waals surface area (Å²) in [6, 6.07) is 9.54. The number of benzene rings is 2. The Kier molecular flexibility index (Phi) is 9.65. The highest BCUT2D eigenvalue weighted by Crippen LogP contribution is 2.30. The predicted octanol–water partition coefficient (Wildman–Crippen LogP) is 2.26. The number of sulfonamides is 1. The molecule has 13 heteroatoms. The standard InChI is InChI=1S/C26H31N3O9S/c1-18-6-12-22(13-7-18)39(35,36)28-14-4-5-23(28)24(31)29(19(2)25(32)33)20-8-10-21(11-9-20)38-26(34)27(3)15-16-37-17-30/h6-13,17,19,23H,4-5,14-16H2,1-3H3,(H,32,33)/t19-,23-/m0/s1. The number of hydrogen-bond acceptors (Lipinski definition) is 8. The van der Waals surface area contributed by atoms with Crippen LogP contribution in [-0.4, -0.2) is 86.0 Å². The van der Waals surface area contributed by atoms with E-state index in [9.17, 15) is 32.7 Å². The summed E-state index contributed by atoms with van der Waals surface area (Å²) in [5.74, 6) is -1.81. The molecule has 0 aromatic heterocycles. The number of likely N-dealkylation sites (N-methyl/N-ethyl adjacent to an activating group) is 1. The third-order valence-electron chi connectivity index (χ3n) is 6.34. The average Bonchev–Trinajstić information content (AvgIpc) is 3.41. The molecule has 1 saturated heterocycles. The van der Waals surface area contributed by atoms with Gasteiger partial charge < -0.3 is 19.5 Å². The quantitative estimate of drug-likeness (QED) is 0.322. The molecule has 0 radical (unpaired) electrons. The van der Waals surface area contributed by atoms with E-state index in [0.29, 0.717) is 6.42 Å². The minimum atomic E-state index is -4.00. The minimum Gasteiger partial charge on any atom is -0.480 e. The lowest BCUT2D eigenvalue weighted by atomic mass is 10.1. The predicted molar refractivity (Wildman–Crippen MR) is 140 cm³/mol. The van der Waals surface area contributed by atoms with E-state index < -0.39 is 40.1 Å². The summed E-state index contributed by atoms with van der Waals surface area (Å²) in [7, 11) is -2.54. The Hall–Kier alpha value is -3.97. The Bertz CT molecular complexity index is 1300. The zero-order valence-corrected chi connectivity index (χ0v) is 22.7. The first-order chi connectivity index (χ1) is 18.5. The van der Waals surface area contributed by atoms with Crippen LogP contribution in [0.1, 0.15) is 25.3 Å². The van der Waals surface area contributed by atoms with Gasteiger partial charge in [-0.2, -0.15) is 4.31 Å². The highest BCUT2D eigenvalue weighted by Gasteiger charge is 2.43. The molecular formula is C26H31N3O9S. The fraction of sp³-hybridized carbons (Fsp3) is 0.385. The van der Waals surface area contributed by atoms with Gasteiger partial charge in [-0.25, -0.2) is 18.0 Å². The lowest BCUT2D eigenvalue weighted by molar-refractivity contribution is -0.140. The molecule has 0 spiro atoms. The van der Waals surface area contributed by atoms with Crippen molar-refractivity contribution in [3.63, 3.8) is 0 Å². The second-order valence-electron chi connectivity index (χ2n) is 9.06. The first-order valence-electron chi connectivity index (χ1n) is 12.2. The summed E-state index contributed by atoms with van der Waals surface area (Å²) in [5.41, 5.74) is 1.08. The number of carboxylic acids is 1. The van der Waals surface area contributed by atoms with Crippen LogP contribution in [0.15, 0.2) is 53.4 Å². The van der Waals surface area contributed by atoms with Crippen LogP contribution < -0.4 is 9.64 Å². The lowest BCUT2D eigenvalue weighted by Gasteiger charge is -2.32. The number of carbonyl (C=O) groups is 4. The van der Waals surface area contributed by atoms with E-state index >= 15 is 0 Å². The van der Waals surface area contributed by atoms with Gasteiger partial charge in [0.1, 0.15) is 24.4 Å². The van der Waals surface area contributed by atoms with Crippen molar-refractivity contribution < 1.29 is 42.2 Å². The summed E-state index contributed by atoms with van der Waals surface area (Å²) >= 11 is 0. The van der Waals surface area contributed by atoms with Gasteiger partial charge in [-0.05, 0) is 63.1 Å². The van der Waals surface area contributed by atoms with Crippen molar-refractivity contribution in [3.8, 4) is 5.75 Å². The van der Waals surface area contributed by atoms with Gasteiger partial charge in [-0.1, -0.05) is 17.7 Å². The number of aliphatic carboxylic acids is 1. The number of rotatable bonds is 11. The highest BCUT2D eigenvalue weighted by molar-refractivity contribution is 7.89. The van der Waals surface area contributed by atoms with Crippen molar-refractivity contribution in [3.05, 3.63) is 54.1 Å². The molecule has 1 fully saturated rings. The molecule has 210 valence electrons. The molecule has 0 bridgehead atoms. The van der Waals surface area contributed by atoms with Crippen molar-refractivity contribution in [2.45, 2.75) is 43.7 Å². The van der Waals surface area contributed by atoms with E-state index in [1.54, 1.807) is 12.1 Å². The van der Waals surface area contributed by atoms with Crippen molar-refractivity contribution in [2.75, 3.05) is 31.6 Å². The van der Waals surface area contributed by atoms with Crippen molar-refractivity contribution in [2.24, 2.45) is 0 Å². The van der Waals surface area contributed by atoms with Gasteiger partial charge in [0.2, 0.25) is 15.9 Å². The maximum Gasteiger partial charge on any atom is 0.415 e. The van der Waals surface area contributed by atoms with Crippen molar-refractivity contribution >= 4 is 40.2 Å². The topological polar surface area (TPSA) is 151 Å². The minimum absolute atomic E-state index is 0.00396. The van der Waals surface area contributed by atoms with Crippen LogP contribution in [-0.2, 0) is 29.1 Å². The van der Waals surface area contributed by atoms with E-state index in [1.807, 2.05) is 6.92 Å². The second-order valence-corrected chi connectivity index (χ2v) is 11.0. The van der Waals surface area contributed by atoms with E-state index in [2.05, 4.69) is 4.74 Å². The van der Waals surface area contributed by atoms with E-state index in [1.165, 1.54) is 55.3 Å². The molecule has 2 atom stereocenters. The first kappa shape index (κ1) is 29.6. The Morgan fingerprint density at radius 1 is 1.13 bits per heavy atom. The molecule has 3 rings (SSSR count). The molecule has 0 unspecified atom stereocenters. The SMILES string of the molecule is Cc1ccc(S(=O)(=O)N2CCC[C@H]2C(=O)N(c2ccc(OC(=O)N(C)CCOC=O)cc2)[C@@H](C)C(=O)O)cc1.